The highest BCUT2D eigenvalue weighted by molar-refractivity contribution is 6.59. The van der Waals surface area contributed by atoms with Crippen molar-refractivity contribution in [1.29, 1.82) is 0 Å². The molecule has 3 nitrogen and oxygen atoms in total. The Balaban J connectivity index is 1.64. The molecule has 4 aromatic rings. The van der Waals surface area contributed by atoms with Gasteiger partial charge in [0.2, 0.25) is 0 Å². The molecule has 0 fully saturated rings. The highest BCUT2D eigenvalue weighted by atomic mass is 16.5. The Bertz CT molecular complexity index is 1360. The number of ether oxygens (including phenoxy) is 2. The molecule has 0 heterocycles. The summed E-state index contributed by atoms with van der Waals surface area (Å²) in [6.07, 6.45) is 4.20. The lowest BCUT2D eigenvalue weighted by atomic mass is 9.89. The molecule has 0 amide bonds. The standard InChI is InChI=1S/C37H36O3/c1-3-5-25-39-31-21-17-29(18-22-31)35-33(27-13-9-7-10-14-27)34(28-15-11-8-12-16-28)36(37(35)38)30-19-23-32(24-20-30)40-26-6-4-2/h7-24H,3-6,25-26H2,1-2H3. The number of carbonyl (C=O) groups is 1. The molecule has 0 bridgehead atoms. The van der Waals surface area contributed by atoms with E-state index in [0.29, 0.717) is 24.4 Å². The molecule has 1 aliphatic carbocycles. The fourth-order valence-corrected chi connectivity index (χ4v) is 5.04. The maximum Gasteiger partial charge on any atom is 0.195 e. The minimum atomic E-state index is 0.0250. The van der Waals surface area contributed by atoms with Crippen LogP contribution in [0.4, 0.5) is 0 Å². The largest absolute Gasteiger partial charge is 0.494 e. The molecule has 0 N–H and O–H groups in total. The van der Waals surface area contributed by atoms with Gasteiger partial charge >= 0.3 is 0 Å². The van der Waals surface area contributed by atoms with Crippen LogP contribution in [0.5, 0.6) is 11.5 Å². The van der Waals surface area contributed by atoms with Gasteiger partial charge in [-0.25, -0.2) is 0 Å². The molecule has 1 aliphatic rings. The number of allylic oxidation sites excluding steroid dienone is 4. The van der Waals surface area contributed by atoms with E-state index in [0.717, 1.165) is 70.6 Å². The molecule has 0 aromatic heterocycles. The number of ketones is 1. The van der Waals surface area contributed by atoms with Gasteiger partial charge in [-0.1, -0.05) is 112 Å². The van der Waals surface area contributed by atoms with Crippen molar-refractivity contribution >= 4 is 28.1 Å². The Labute approximate surface area is 237 Å². The van der Waals surface area contributed by atoms with Gasteiger partial charge in [0.15, 0.2) is 5.78 Å². The van der Waals surface area contributed by atoms with Crippen LogP contribution in [0.3, 0.4) is 0 Å². The summed E-state index contributed by atoms with van der Waals surface area (Å²) in [6, 6.07) is 36.4. The van der Waals surface area contributed by atoms with E-state index in [1.807, 2.05) is 84.9 Å². The summed E-state index contributed by atoms with van der Waals surface area (Å²) < 4.78 is 11.8. The van der Waals surface area contributed by atoms with Gasteiger partial charge in [-0.3, -0.25) is 4.79 Å². The molecule has 0 spiro atoms. The van der Waals surface area contributed by atoms with Crippen LogP contribution in [0.25, 0.3) is 22.3 Å². The van der Waals surface area contributed by atoms with Gasteiger partial charge in [0.05, 0.1) is 13.2 Å². The number of unbranched alkanes of at least 4 members (excludes halogenated alkanes) is 2. The second-order valence-corrected chi connectivity index (χ2v) is 10.0. The quantitative estimate of drug-likeness (QED) is 0.172. The molecular weight excluding hydrogens is 492 g/mol. The van der Waals surface area contributed by atoms with Gasteiger partial charge in [-0.2, -0.15) is 0 Å². The minimum Gasteiger partial charge on any atom is -0.494 e. The molecule has 40 heavy (non-hydrogen) atoms. The predicted molar refractivity (Wildman–Crippen MR) is 165 cm³/mol. The van der Waals surface area contributed by atoms with Crippen molar-refractivity contribution in [2.45, 2.75) is 39.5 Å². The topological polar surface area (TPSA) is 35.5 Å². The predicted octanol–water partition coefficient (Wildman–Crippen LogP) is 9.15. The highest BCUT2D eigenvalue weighted by Crippen LogP contribution is 2.49. The lowest BCUT2D eigenvalue weighted by molar-refractivity contribution is -0.108. The number of carbonyl (C=O) groups excluding carboxylic acids is 1. The van der Waals surface area contributed by atoms with E-state index in [-0.39, 0.29) is 5.78 Å². The van der Waals surface area contributed by atoms with Crippen LogP contribution in [-0.4, -0.2) is 19.0 Å². The molecular formula is C37H36O3. The Morgan fingerprint density at radius 2 is 0.800 bits per heavy atom. The van der Waals surface area contributed by atoms with E-state index >= 15 is 0 Å². The molecule has 0 radical (unpaired) electrons. The molecule has 5 rings (SSSR count). The zero-order valence-corrected chi connectivity index (χ0v) is 23.4. The Morgan fingerprint density at radius 3 is 1.15 bits per heavy atom. The molecule has 0 saturated heterocycles. The average Bonchev–Trinajstić information content (AvgIpc) is 3.31. The van der Waals surface area contributed by atoms with Gasteiger partial charge in [0, 0.05) is 22.3 Å². The van der Waals surface area contributed by atoms with Crippen molar-refractivity contribution in [3.8, 4) is 11.5 Å². The van der Waals surface area contributed by atoms with E-state index < -0.39 is 0 Å². The summed E-state index contributed by atoms with van der Waals surface area (Å²) >= 11 is 0. The molecule has 0 aliphatic heterocycles. The normalized spacial score (nSPS) is 13.2. The molecule has 0 saturated carbocycles. The van der Waals surface area contributed by atoms with Crippen LogP contribution in [0.1, 0.15) is 61.8 Å². The molecule has 0 unspecified atom stereocenters. The summed E-state index contributed by atoms with van der Waals surface area (Å²) in [5, 5.41) is 0. The number of benzene rings is 4. The van der Waals surface area contributed by atoms with Crippen molar-refractivity contribution in [2.24, 2.45) is 0 Å². The van der Waals surface area contributed by atoms with Gasteiger partial charge in [0.1, 0.15) is 11.5 Å². The van der Waals surface area contributed by atoms with Crippen LogP contribution < -0.4 is 9.47 Å². The third kappa shape index (κ3) is 5.94. The molecule has 3 heteroatoms. The van der Waals surface area contributed by atoms with Crippen LogP contribution in [0, 0.1) is 0 Å². The van der Waals surface area contributed by atoms with Crippen molar-refractivity contribution in [3.05, 3.63) is 131 Å². The number of Topliss-reactive ketones (excluding diaryl/α,β-unsaturated/α-hetero) is 1. The lowest BCUT2D eigenvalue weighted by Crippen LogP contribution is -2.03. The van der Waals surface area contributed by atoms with Crippen molar-refractivity contribution in [3.63, 3.8) is 0 Å². The van der Waals surface area contributed by atoms with Gasteiger partial charge in [0.25, 0.3) is 0 Å². The number of rotatable bonds is 12. The van der Waals surface area contributed by atoms with Crippen LogP contribution in [0.2, 0.25) is 0 Å². The fourth-order valence-electron chi connectivity index (χ4n) is 5.04. The highest BCUT2D eigenvalue weighted by Gasteiger charge is 2.35. The molecule has 4 aromatic carbocycles. The second-order valence-electron chi connectivity index (χ2n) is 10.0. The van der Waals surface area contributed by atoms with Crippen molar-refractivity contribution in [2.75, 3.05) is 13.2 Å². The van der Waals surface area contributed by atoms with E-state index in [1.54, 1.807) is 0 Å². The van der Waals surface area contributed by atoms with Crippen LogP contribution >= 0.6 is 0 Å². The van der Waals surface area contributed by atoms with E-state index in [2.05, 4.69) is 38.1 Å². The second kappa shape index (κ2) is 13.1. The third-order valence-electron chi connectivity index (χ3n) is 7.15. The first kappa shape index (κ1) is 27.2. The van der Waals surface area contributed by atoms with Crippen molar-refractivity contribution < 1.29 is 14.3 Å². The monoisotopic (exact) mass is 528 g/mol. The summed E-state index contributed by atoms with van der Waals surface area (Å²) in [5.74, 6) is 1.66. The lowest BCUT2D eigenvalue weighted by Gasteiger charge is -2.14. The maximum atomic E-state index is 14.5. The van der Waals surface area contributed by atoms with E-state index in [4.69, 9.17) is 9.47 Å². The van der Waals surface area contributed by atoms with E-state index in [9.17, 15) is 4.79 Å². The Kier molecular flexibility index (Phi) is 8.93. The van der Waals surface area contributed by atoms with Crippen LogP contribution in [-0.2, 0) is 4.79 Å². The van der Waals surface area contributed by atoms with Crippen molar-refractivity contribution in [1.82, 2.24) is 0 Å². The molecule has 0 atom stereocenters. The molecule has 202 valence electrons. The van der Waals surface area contributed by atoms with Gasteiger partial charge in [-0.15, -0.1) is 0 Å². The summed E-state index contributed by atoms with van der Waals surface area (Å²) in [5.41, 5.74) is 7.13. The smallest absolute Gasteiger partial charge is 0.195 e. The number of hydrogen-bond acceptors (Lipinski definition) is 3. The first-order valence-corrected chi connectivity index (χ1v) is 14.3. The minimum absolute atomic E-state index is 0.0250. The Hall–Kier alpha value is -4.37. The average molecular weight is 529 g/mol. The van der Waals surface area contributed by atoms with Gasteiger partial charge < -0.3 is 9.47 Å². The summed E-state index contributed by atoms with van der Waals surface area (Å²) in [6.45, 7) is 5.68. The SMILES string of the molecule is CCCCOc1ccc(C2=C(c3ccccc3)C(c3ccccc3)=C(c3ccc(OCCCC)cc3)C2=O)cc1. The summed E-state index contributed by atoms with van der Waals surface area (Å²) in [4.78, 5) is 14.5. The zero-order chi connectivity index (χ0) is 27.7. The Morgan fingerprint density at radius 1 is 0.450 bits per heavy atom. The fraction of sp³-hybridized carbons (Fsp3) is 0.216. The third-order valence-corrected chi connectivity index (χ3v) is 7.15. The first-order chi connectivity index (χ1) is 19.7. The van der Waals surface area contributed by atoms with Gasteiger partial charge in [-0.05, 0) is 59.4 Å². The maximum absolute atomic E-state index is 14.5. The summed E-state index contributed by atoms with van der Waals surface area (Å²) in [7, 11) is 0. The van der Waals surface area contributed by atoms with Crippen LogP contribution in [0.15, 0.2) is 109 Å². The first-order valence-electron chi connectivity index (χ1n) is 14.3. The zero-order valence-electron chi connectivity index (χ0n) is 23.4. The van der Waals surface area contributed by atoms with E-state index in [1.165, 1.54) is 0 Å². The number of hydrogen-bond donors (Lipinski definition) is 0.